The third-order valence-corrected chi connectivity index (χ3v) is 6.34. The number of fused-ring (bicyclic) bond motifs is 7. The van der Waals surface area contributed by atoms with Crippen LogP contribution in [-0.2, 0) is 6.18 Å². The van der Waals surface area contributed by atoms with E-state index >= 15 is 0 Å². The number of aromatic nitrogens is 2. The number of hydrogen-bond donors (Lipinski definition) is 2. The molecular formula is C18H17F4N3. The average Bonchev–Trinajstić information content (AvgIpc) is 3.29. The molecule has 132 valence electrons. The smallest absolute Gasteiger partial charge is 0.378 e. The van der Waals surface area contributed by atoms with Crippen LogP contribution in [0.5, 0.6) is 0 Å². The summed E-state index contributed by atoms with van der Waals surface area (Å²) in [5.74, 6) is 0.680. The quantitative estimate of drug-likeness (QED) is 0.720. The monoisotopic (exact) mass is 351 g/mol. The SMILES string of the molecule is Fc1ccc2c(c1)[C@H]1[C@@H]3CC[C@@H](C3)[C@H]1[C@H](c1cn[nH]c1C(F)(F)F)N2. The van der Waals surface area contributed by atoms with Gasteiger partial charge in [-0.1, -0.05) is 0 Å². The van der Waals surface area contributed by atoms with E-state index in [4.69, 9.17) is 0 Å². The Bertz CT molecular complexity index is 828. The lowest BCUT2D eigenvalue weighted by atomic mass is 9.68. The molecule has 1 aromatic heterocycles. The highest BCUT2D eigenvalue weighted by molar-refractivity contribution is 5.59. The maximum Gasteiger partial charge on any atom is 0.433 e. The molecule has 2 fully saturated rings. The lowest BCUT2D eigenvalue weighted by Gasteiger charge is -2.43. The number of halogens is 4. The number of nitrogens with one attached hydrogen (secondary N) is 2. The summed E-state index contributed by atoms with van der Waals surface area (Å²) in [5.41, 5.74) is 1.06. The zero-order valence-electron chi connectivity index (χ0n) is 13.3. The van der Waals surface area contributed by atoms with Gasteiger partial charge >= 0.3 is 6.18 Å². The molecule has 7 heteroatoms. The number of hydrogen-bond acceptors (Lipinski definition) is 2. The van der Waals surface area contributed by atoms with Crippen molar-refractivity contribution in [1.29, 1.82) is 0 Å². The minimum atomic E-state index is -4.47. The minimum absolute atomic E-state index is 0.0479. The predicted molar refractivity (Wildman–Crippen MR) is 83.4 cm³/mol. The van der Waals surface area contributed by atoms with Crippen molar-refractivity contribution >= 4 is 5.69 Å². The van der Waals surface area contributed by atoms with Gasteiger partial charge in [0.15, 0.2) is 0 Å². The van der Waals surface area contributed by atoms with Crippen LogP contribution in [0, 0.1) is 23.6 Å². The van der Waals surface area contributed by atoms with Crippen molar-refractivity contribution in [3.05, 3.63) is 47.0 Å². The van der Waals surface area contributed by atoms with Crippen molar-refractivity contribution in [3.63, 3.8) is 0 Å². The van der Waals surface area contributed by atoms with Crippen LogP contribution < -0.4 is 5.32 Å². The molecule has 0 amide bonds. The maximum absolute atomic E-state index is 13.8. The topological polar surface area (TPSA) is 40.7 Å². The van der Waals surface area contributed by atoms with Crippen LogP contribution in [0.15, 0.2) is 24.4 Å². The van der Waals surface area contributed by atoms with E-state index in [1.165, 1.54) is 12.3 Å². The molecule has 2 heterocycles. The summed E-state index contributed by atoms with van der Waals surface area (Å²) in [6.45, 7) is 0. The molecule has 2 aliphatic carbocycles. The van der Waals surface area contributed by atoms with Gasteiger partial charge in [0.1, 0.15) is 11.5 Å². The summed E-state index contributed by atoms with van der Waals surface area (Å²) in [7, 11) is 0. The van der Waals surface area contributed by atoms with Gasteiger partial charge in [0.2, 0.25) is 0 Å². The Kier molecular flexibility index (Phi) is 3.04. The highest BCUT2D eigenvalue weighted by Crippen LogP contribution is 2.64. The van der Waals surface area contributed by atoms with Crippen molar-refractivity contribution in [1.82, 2.24) is 10.2 Å². The zero-order valence-corrected chi connectivity index (χ0v) is 13.3. The van der Waals surface area contributed by atoms with Gasteiger partial charge in [-0.3, -0.25) is 5.10 Å². The summed E-state index contributed by atoms with van der Waals surface area (Å²) >= 11 is 0. The van der Waals surface area contributed by atoms with E-state index in [0.717, 1.165) is 30.5 Å². The highest BCUT2D eigenvalue weighted by atomic mass is 19.4. The summed E-state index contributed by atoms with van der Waals surface area (Å²) in [5, 5.41) is 9.06. The van der Waals surface area contributed by atoms with Crippen LogP contribution in [0.25, 0.3) is 0 Å². The fourth-order valence-electron chi connectivity index (χ4n) is 5.52. The summed E-state index contributed by atoms with van der Waals surface area (Å²) in [6, 6.07) is 4.11. The van der Waals surface area contributed by atoms with E-state index in [1.807, 2.05) is 0 Å². The first-order valence-electron chi connectivity index (χ1n) is 8.60. The van der Waals surface area contributed by atoms with Crippen LogP contribution in [0.4, 0.5) is 23.2 Å². The highest BCUT2D eigenvalue weighted by Gasteiger charge is 2.55. The van der Waals surface area contributed by atoms with Gasteiger partial charge < -0.3 is 5.32 Å². The van der Waals surface area contributed by atoms with Crippen molar-refractivity contribution in [2.24, 2.45) is 17.8 Å². The van der Waals surface area contributed by atoms with E-state index in [-0.39, 0.29) is 23.2 Å². The zero-order chi connectivity index (χ0) is 17.3. The van der Waals surface area contributed by atoms with Crippen molar-refractivity contribution < 1.29 is 17.6 Å². The first-order chi connectivity index (χ1) is 11.9. The van der Waals surface area contributed by atoms with Crippen LogP contribution >= 0.6 is 0 Å². The number of alkyl halides is 3. The Hall–Kier alpha value is -2.05. The summed E-state index contributed by atoms with van der Waals surface area (Å²) in [4.78, 5) is 0. The Balaban J connectivity index is 1.65. The third kappa shape index (κ3) is 2.14. The second-order valence-electron chi connectivity index (χ2n) is 7.49. The fraction of sp³-hybridized carbons (Fsp3) is 0.500. The lowest BCUT2D eigenvalue weighted by Crippen LogP contribution is -2.36. The van der Waals surface area contributed by atoms with Gasteiger partial charge in [-0.15, -0.1) is 0 Å². The first-order valence-corrected chi connectivity index (χ1v) is 8.60. The standard InChI is InChI=1S/C18H17F4N3/c19-10-3-4-13-11(6-10)14-8-1-2-9(5-8)15(14)16(24-13)12-7-23-25-17(12)18(20,21)22/h3-4,6-9,14-16,24H,1-2,5H2,(H,23,25)/t8-,9+,14-,15-,16+/m1/s1. The van der Waals surface area contributed by atoms with E-state index in [0.29, 0.717) is 11.8 Å². The van der Waals surface area contributed by atoms with E-state index in [1.54, 1.807) is 12.1 Å². The number of rotatable bonds is 1. The normalized spacial score (nSPS) is 33.0. The van der Waals surface area contributed by atoms with Crippen molar-refractivity contribution in [2.75, 3.05) is 5.32 Å². The van der Waals surface area contributed by atoms with Crippen LogP contribution in [0.1, 0.15) is 48.0 Å². The molecule has 3 aliphatic rings. The van der Waals surface area contributed by atoms with E-state index in [2.05, 4.69) is 15.5 Å². The van der Waals surface area contributed by atoms with Gasteiger partial charge in [-0.2, -0.15) is 18.3 Å². The Morgan fingerprint density at radius 3 is 2.68 bits per heavy atom. The molecule has 5 rings (SSSR count). The Morgan fingerprint density at radius 2 is 1.88 bits per heavy atom. The number of H-pyrrole nitrogens is 1. The average molecular weight is 351 g/mol. The molecule has 0 spiro atoms. The molecule has 2 saturated carbocycles. The molecule has 5 atom stereocenters. The van der Waals surface area contributed by atoms with E-state index in [9.17, 15) is 17.6 Å². The minimum Gasteiger partial charge on any atom is -0.378 e. The second kappa shape index (κ2) is 4.99. The molecule has 1 aromatic carbocycles. The predicted octanol–water partition coefficient (Wildman–Crippen LogP) is 4.86. The van der Waals surface area contributed by atoms with Gasteiger partial charge in [0.05, 0.1) is 12.2 Å². The second-order valence-corrected chi connectivity index (χ2v) is 7.49. The van der Waals surface area contributed by atoms with Crippen molar-refractivity contribution in [2.45, 2.75) is 37.4 Å². The van der Waals surface area contributed by atoms with Crippen LogP contribution in [-0.4, -0.2) is 10.2 Å². The number of anilines is 1. The molecule has 1 aliphatic heterocycles. The Morgan fingerprint density at radius 1 is 1.08 bits per heavy atom. The summed E-state index contributed by atoms with van der Waals surface area (Å²) in [6.07, 6.45) is -0.0513. The molecule has 2 N–H and O–H groups in total. The molecule has 0 unspecified atom stereocenters. The Labute approximate surface area is 141 Å². The number of benzene rings is 1. The van der Waals surface area contributed by atoms with Gasteiger partial charge in [0.25, 0.3) is 0 Å². The molecule has 2 aromatic rings. The van der Waals surface area contributed by atoms with E-state index < -0.39 is 17.9 Å². The molecule has 0 saturated heterocycles. The van der Waals surface area contributed by atoms with Crippen molar-refractivity contribution in [3.8, 4) is 0 Å². The molecule has 25 heavy (non-hydrogen) atoms. The van der Waals surface area contributed by atoms with Crippen LogP contribution in [0.2, 0.25) is 0 Å². The molecule has 3 nitrogen and oxygen atoms in total. The maximum atomic E-state index is 13.8. The van der Waals surface area contributed by atoms with Gasteiger partial charge in [0, 0.05) is 11.3 Å². The molecule has 2 bridgehead atoms. The lowest BCUT2D eigenvalue weighted by molar-refractivity contribution is -0.142. The third-order valence-electron chi connectivity index (χ3n) is 6.34. The number of nitrogens with zero attached hydrogens (tertiary/aromatic N) is 1. The van der Waals surface area contributed by atoms with Gasteiger partial charge in [-0.25, -0.2) is 4.39 Å². The molecule has 0 radical (unpaired) electrons. The molecular weight excluding hydrogens is 334 g/mol. The largest absolute Gasteiger partial charge is 0.433 e. The fourth-order valence-corrected chi connectivity index (χ4v) is 5.52. The van der Waals surface area contributed by atoms with Crippen LogP contribution in [0.3, 0.4) is 0 Å². The summed E-state index contributed by atoms with van der Waals surface area (Å²) < 4.78 is 53.9. The first kappa shape index (κ1) is 15.2. The van der Waals surface area contributed by atoms with Gasteiger partial charge in [-0.05, 0) is 66.7 Å². The number of aromatic amines is 1.